The number of nitrogens with one attached hydrogen (secondary N) is 1. The van der Waals surface area contributed by atoms with Gasteiger partial charge in [0.15, 0.2) is 8.32 Å². The molecule has 0 radical (unpaired) electrons. The number of benzene rings is 1. The van der Waals surface area contributed by atoms with Gasteiger partial charge in [0.25, 0.3) is 0 Å². The van der Waals surface area contributed by atoms with Crippen LogP contribution in [0.1, 0.15) is 56.8 Å². The first kappa shape index (κ1) is 28.6. The molecule has 0 bridgehead atoms. The fourth-order valence-corrected chi connectivity index (χ4v) is 7.54. The second kappa shape index (κ2) is 12.1. The highest BCUT2D eigenvalue weighted by atomic mass is 35.5. The Morgan fingerprint density at radius 3 is 2.42 bits per heavy atom. The summed E-state index contributed by atoms with van der Waals surface area (Å²) in [5.41, 5.74) is 0.648. The van der Waals surface area contributed by atoms with Crippen LogP contribution < -0.4 is 5.32 Å². The van der Waals surface area contributed by atoms with Gasteiger partial charge in [0.1, 0.15) is 11.0 Å². The highest BCUT2D eigenvalue weighted by Gasteiger charge is 2.35. The van der Waals surface area contributed by atoms with E-state index in [0.29, 0.717) is 35.3 Å². The van der Waals surface area contributed by atoms with Gasteiger partial charge < -0.3 is 9.74 Å². The first-order chi connectivity index (χ1) is 17.0. The summed E-state index contributed by atoms with van der Waals surface area (Å²) in [6.45, 7) is 8.65. The van der Waals surface area contributed by atoms with E-state index in [9.17, 15) is 13.2 Å². The normalized spacial score (nSPS) is 13.2. The van der Waals surface area contributed by atoms with E-state index in [1.54, 1.807) is 19.1 Å². The van der Waals surface area contributed by atoms with Gasteiger partial charge in [0.05, 0.1) is 23.3 Å². The van der Waals surface area contributed by atoms with Crippen LogP contribution in [-0.4, -0.2) is 29.9 Å². The largest absolute Gasteiger partial charge is 0.417 e. The Labute approximate surface area is 220 Å². The topological polar surface area (TPSA) is 59.9 Å². The van der Waals surface area contributed by atoms with Crippen molar-refractivity contribution in [2.24, 2.45) is 0 Å². The zero-order valence-corrected chi connectivity index (χ0v) is 23.4. The smallest absolute Gasteiger partial charge is 0.416 e. The maximum Gasteiger partial charge on any atom is 0.416 e. The van der Waals surface area contributed by atoms with Crippen molar-refractivity contribution in [3.8, 4) is 0 Å². The molecule has 2 heterocycles. The van der Waals surface area contributed by atoms with Crippen LogP contribution in [0.3, 0.4) is 0 Å². The van der Waals surface area contributed by atoms with Crippen LogP contribution in [0.15, 0.2) is 30.5 Å². The van der Waals surface area contributed by atoms with Crippen molar-refractivity contribution in [1.29, 1.82) is 0 Å². The summed E-state index contributed by atoms with van der Waals surface area (Å²) in [6, 6.07) is 8.38. The van der Waals surface area contributed by atoms with E-state index in [1.807, 2.05) is 0 Å². The zero-order chi connectivity index (χ0) is 26.5. The number of halogens is 5. The van der Waals surface area contributed by atoms with Crippen molar-refractivity contribution in [3.05, 3.63) is 57.6 Å². The van der Waals surface area contributed by atoms with Gasteiger partial charge in [-0.25, -0.2) is 15.0 Å². The first-order valence-corrected chi connectivity index (χ1v) is 15.4. The molecule has 0 spiro atoms. The van der Waals surface area contributed by atoms with Gasteiger partial charge in [0, 0.05) is 12.0 Å². The number of rotatable bonds is 11. The van der Waals surface area contributed by atoms with E-state index in [2.05, 4.69) is 41.0 Å². The van der Waals surface area contributed by atoms with Crippen molar-refractivity contribution >= 4 is 48.2 Å². The van der Waals surface area contributed by atoms with Crippen LogP contribution in [0.4, 0.5) is 19.0 Å². The van der Waals surface area contributed by atoms with Crippen molar-refractivity contribution in [3.63, 3.8) is 0 Å². The predicted octanol–water partition coefficient (Wildman–Crippen LogP) is 8.48. The molecule has 1 aromatic carbocycles. The highest BCUT2D eigenvalue weighted by molar-refractivity contribution is 6.73. The molecule has 36 heavy (non-hydrogen) atoms. The minimum atomic E-state index is -4.47. The molecule has 0 aliphatic rings. The van der Waals surface area contributed by atoms with E-state index in [0.717, 1.165) is 24.2 Å². The molecule has 2 aromatic heterocycles. The van der Waals surface area contributed by atoms with Gasteiger partial charge in [-0.1, -0.05) is 44.5 Å². The predicted molar refractivity (Wildman–Crippen MR) is 142 cm³/mol. The Morgan fingerprint density at radius 1 is 1.08 bits per heavy atom. The summed E-state index contributed by atoms with van der Waals surface area (Å²) in [6.07, 6.45) is -2.24. The summed E-state index contributed by atoms with van der Waals surface area (Å²) < 4.78 is 48.2. The molecule has 0 aliphatic carbocycles. The van der Waals surface area contributed by atoms with Gasteiger partial charge in [-0.15, -0.1) is 0 Å². The van der Waals surface area contributed by atoms with Crippen molar-refractivity contribution in [2.75, 3.05) is 11.9 Å². The molecule has 0 aliphatic heterocycles. The average Bonchev–Trinajstić information content (AvgIpc) is 2.84. The molecule has 0 fully saturated rings. The Kier molecular flexibility index (Phi) is 9.60. The van der Waals surface area contributed by atoms with Crippen molar-refractivity contribution < 1.29 is 17.6 Å². The Balaban J connectivity index is 1.91. The maximum absolute atomic E-state index is 14.0. The molecular weight excluding hydrogens is 528 g/mol. The number of fused-ring (bicyclic) bond motifs is 1. The average molecular weight is 560 g/mol. The third-order valence-corrected chi connectivity index (χ3v) is 11.8. The molecular formula is C25H31Cl2F3N4OSi. The minimum absolute atomic E-state index is 0.00170. The maximum atomic E-state index is 14.0. The number of nitrogens with zero attached hydrogens (tertiary/aromatic N) is 3. The summed E-state index contributed by atoms with van der Waals surface area (Å²) >= 11 is 12.1. The minimum Gasteiger partial charge on any atom is -0.417 e. The van der Waals surface area contributed by atoms with E-state index in [-0.39, 0.29) is 22.4 Å². The molecule has 196 valence electrons. The van der Waals surface area contributed by atoms with Gasteiger partial charge in [-0.3, -0.25) is 0 Å². The van der Waals surface area contributed by atoms with Crippen LogP contribution in [0.25, 0.3) is 10.9 Å². The summed E-state index contributed by atoms with van der Waals surface area (Å²) in [5, 5.41) is 4.04. The Morgan fingerprint density at radius 2 is 1.78 bits per heavy atom. The van der Waals surface area contributed by atoms with Crippen molar-refractivity contribution in [1.82, 2.24) is 15.0 Å². The molecule has 11 heteroatoms. The molecule has 1 unspecified atom stereocenters. The van der Waals surface area contributed by atoms with Gasteiger partial charge in [-0.05, 0) is 72.8 Å². The standard InChI is InChI=1S/C25H31Cl2F3N4OSi/c1-5-36(6-2,7-3)35-13-9-11-18-17(10-8-12-20(18)25(28,29)30)16(4)32-23-19-14-22(26)31-15-21(19)33-24(27)34-23/h8,10,12,14-16H,5-7,9,11,13H2,1-4H3,(H,32,33,34). The summed E-state index contributed by atoms with van der Waals surface area (Å²) in [7, 11) is -1.81. The van der Waals surface area contributed by atoms with Crippen molar-refractivity contribution in [2.45, 2.75) is 70.9 Å². The lowest BCUT2D eigenvalue weighted by Gasteiger charge is -2.28. The lowest BCUT2D eigenvalue weighted by molar-refractivity contribution is -0.138. The van der Waals surface area contributed by atoms with Crippen LogP contribution in [-0.2, 0) is 17.0 Å². The van der Waals surface area contributed by atoms with Crippen LogP contribution in [0.2, 0.25) is 28.6 Å². The van der Waals surface area contributed by atoms with E-state index in [1.165, 1.54) is 12.3 Å². The number of anilines is 1. The molecule has 3 rings (SSSR count). The fraction of sp³-hybridized carbons (Fsp3) is 0.480. The molecule has 5 nitrogen and oxygen atoms in total. The SMILES string of the molecule is CC[Si](CC)(CC)OCCCc1c(C(C)Nc2nc(Cl)nc3cnc(Cl)cc23)cccc1C(F)(F)F. The van der Waals surface area contributed by atoms with Crippen LogP contribution in [0.5, 0.6) is 0 Å². The van der Waals surface area contributed by atoms with E-state index < -0.39 is 26.1 Å². The lowest BCUT2D eigenvalue weighted by Crippen LogP contribution is -2.36. The van der Waals surface area contributed by atoms with E-state index >= 15 is 0 Å². The molecule has 0 saturated heterocycles. The fourth-order valence-electron chi connectivity index (χ4n) is 4.52. The third-order valence-electron chi connectivity index (χ3n) is 6.77. The van der Waals surface area contributed by atoms with Gasteiger partial charge in [0.2, 0.25) is 5.28 Å². The number of aromatic nitrogens is 3. The Bertz CT molecular complexity index is 1180. The number of hydrogen-bond donors (Lipinski definition) is 1. The second-order valence-corrected chi connectivity index (χ2v) is 14.3. The van der Waals surface area contributed by atoms with Gasteiger partial charge in [-0.2, -0.15) is 13.2 Å². The van der Waals surface area contributed by atoms with Crippen LogP contribution in [0, 0.1) is 0 Å². The molecule has 1 N–H and O–H groups in total. The molecule has 0 saturated carbocycles. The third kappa shape index (κ3) is 6.68. The lowest BCUT2D eigenvalue weighted by atomic mass is 9.92. The molecule has 3 aromatic rings. The summed E-state index contributed by atoms with van der Waals surface area (Å²) in [5.74, 6) is 0.373. The molecule has 1 atom stereocenters. The first-order valence-electron chi connectivity index (χ1n) is 12.1. The monoisotopic (exact) mass is 558 g/mol. The number of hydrogen-bond acceptors (Lipinski definition) is 5. The number of pyridine rings is 1. The number of alkyl halides is 3. The zero-order valence-electron chi connectivity index (χ0n) is 20.8. The summed E-state index contributed by atoms with van der Waals surface area (Å²) in [4.78, 5) is 12.4. The highest BCUT2D eigenvalue weighted by Crippen LogP contribution is 2.37. The second-order valence-electron chi connectivity index (χ2n) is 8.80. The molecule has 0 amide bonds. The Hall–Kier alpha value is -1.94. The van der Waals surface area contributed by atoms with Gasteiger partial charge >= 0.3 is 6.18 Å². The van der Waals surface area contributed by atoms with E-state index in [4.69, 9.17) is 27.6 Å². The van der Waals surface area contributed by atoms with Crippen LogP contribution >= 0.6 is 23.2 Å². The quantitative estimate of drug-likeness (QED) is 0.111.